The number of amides is 1. The zero-order valence-corrected chi connectivity index (χ0v) is 12.4. The van der Waals surface area contributed by atoms with E-state index in [1.807, 2.05) is 0 Å². The highest BCUT2D eigenvalue weighted by molar-refractivity contribution is 7.17. The Morgan fingerprint density at radius 2 is 2.16 bits per heavy atom. The van der Waals surface area contributed by atoms with Gasteiger partial charge in [0.25, 0.3) is 5.91 Å². The van der Waals surface area contributed by atoms with E-state index in [-0.39, 0.29) is 11.9 Å². The van der Waals surface area contributed by atoms with Crippen molar-refractivity contribution in [3.63, 3.8) is 0 Å². The van der Waals surface area contributed by atoms with Gasteiger partial charge in [0.05, 0.1) is 0 Å². The van der Waals surface area contributed by atoms with Gasteiger partial charge in [-0.05, 0) is 25.2 Å². The molecule has 19 heavy (non-hydrogen) atoms. The van der Waals surface area contributed by atoms with E-state index in [0.717, 1.165) is 24.5 Å². The first-order valence-electron chi connectivity index (χ1n) is 7.09. The zero-order valence-electron chi connectivity index (χ0n) is 11.6. The Morgan fingerprint density at radius 3 is 2.89 bits per heavy atom. The van der Waals surface area contributed by atoms with Crippen LogP contribution in [-0.2, 0) is 0 Å². The molecule has 2 N–H and O–H groups in total. The maximum Gasteiger partial charge on any atom is 0.282 e. The number of hydrogen-bond acceptors (Lipinski definition) is 5. The number of rotatable bonds is 5. The molecule has 0 spiro atoms. The Morgan fingerprint density at radius 1 is 1.37 bits per heavy atom. The van der Waals surface area contributed by atoms with E-state index in [1.54, 1.807) is 0 Å². The van der Waals surface area contributed by atoms with Gasteiger partial charge < -0.3 is 10.6 Å². The van der Waals surface area contributed by atoms with Gasteiger partial charge in [0.2, 0.25) is 10.1 Å². The summed E-state index contributed by atoms with van der Waals surface area (Å²) in [7, 11) is 0. The summed E-state index contributed by atoms with van der Waals surface area (Å²) in [5, 5.41) is 15.4. The van der Waals surface area contributed by atoms with E-state index in [0.29, 0.717) is 10.9 Å². The molecule has 6 heteroatoms. The Labute approximate surface area is 118 Å². The van der Waals surface area contributed by atoms with E-state index in [2.05, 4.69) is 34.7 Å². The van der Waals surface area contributed by atoms with E-state index in [1.165, 1.54) is 30.6 Å². The molecule has 1 aliphatic carbocycles. The fourth-order valence-electron chi connectivity index (χ4n) is 2.38. The number of aromatic nitrogens is 2. The van der Waals surface area contributed by atoms with Crippen LogP contribution in [0.1, 0.15) is 55.8 Å². The normalized spacial score (nSPS) is 23.1. The van der Waals surface area contributed by atoms with Gasteiger partial charge in [0.15, 0.2) is 0 Å². The van der Waals surface area contributed by atoms with Crippen molar-refractivity contribution in [3.8, 4) is 0 Å². The molecule has 1 aliphatic rings. The molecule has 1 aromatic rings. The average Bonchev–Trinajstić information content (AvgIpc) is 2.88. The van der Waals surface area contributed by atoms with Crippen molar-refractivity contribution in [2.24, 2.45) is 5.92 Å². The number of nitrogens with one attached hydrogen (secondary N) is 2. The van der Waals surface area contributed by atoms with Crippen LogP contribution >= 0.6 is 11.3 Å². The van der Waals surface area contributed by atoms with Crippen molar-refractivity contribution in [1.29, 1.82) is 0 Å². The quantitative estimate of drug-likeness (QED) is 0.871. The van der Waals surface area contributed by atoms with Crippen molar-refractivity contribution in [3.05, 3.63) is 5.01 Å². The number of carbonyl (C=O) groups excluding carboxylic acids is 1. The molecule has 2 unspecified atom stereocenters. The number of nitrogens with zero attached hydrogens (tertiary/aromatic N) is 2. The molecule has 106 valence electrons. The van der Waals surface area contributed by atoms with Crippen LogP contribution in [0.2, 0.25) is 0 Å². The predicted molar refractivity (Wildman–Crippen MR) is 77.6 cm³/mol. The second kappa shape index (κ2) is 6.84. The fraction of sp³-hybridized carbons (Fsp3) is 0.769. The summed E-state index contributed by atoms with van der Waals surface area (Å²) in [5.41, 5.74) is 0. The first-order valence-corrected chi connectivity index (χ1v) is 7.90. The van der Waals surface area contributed by atoms with Crippen LogP contribution in [0.5, 0.6) is 0 Å². The fourth-order valence-corrected chi connectivity index (χ4v) is 3.05. The molecule has 1 heterocycles. The average molecular weight is 282 g/mol. The lowest BCUT2D eigenvalue weighted by Gasteiger charge is -2.29. The lowest BCUT2D eigenvalue weighted by Crippen LogP contribution is -2.41. The third-order valence-electron chi connectivity index (χ3n) is 3.57. The minimum Gasteiger partial charge on any atom is -0.360 e. The topological polar surface area (TPSA) is 66.9 Å². The smallest absolute Gasteiger partial charge is 0.282 e. The summed E-state index contributed by atoms with van der Waals surface area (Å²) in [4.78, 5) is 12.1. The second-order valence-electron chi connectivity index (χ2n) is 5.18. The third kappa shape index (κ3) is 3.89. The van der Waals surface area contributed by atoms with Crippen molar-refractivity contribution >= 4 is 22.4 Å². The molecule has 0 bridgehead atoms. The molecule has 1 saturated carbocycles. The first-order chi connectivity index (χ1) is 9.20. The van der Waals surface area contributed by atoms with E-state index in [4.69, 9.17) is 0 Å². The Balaban J connectivity index is 1.90. The molecule has 1 fully saturated rings. The van der Waals surface area contributed by atoms with Crippen LogP contribution in [0.3, 0.4) is 0 Å². The van der Waals surface area contributed by atoms with Crippen LogP contribution in [0.4, 0.5) is 5.13 Å². The second-order valence-corrected chi connectivity index (χ2v) is 6.16. The van der Waals surface area contributed by atoms with Crippen LogP contribution in [-0.4, -0.2) is 28.7 Å². The summed E-state index contributed by atoms with van der Waals surface area (Å²) in [5.74, 6) is 0.476. The maximum atomic E-state index is 12.1. The predicted octanol–water partition coefficient (Wildman–Crippen LogP) is 2.67. The number of hydrogen-bond donors (Lipinski definition) is 2. The Kier molecular flexibility index (Phi) is 5.13. The van der Waals surface area contributed by atoms with Crippen molar-refractivity contribution in [2.75, 3.05) is 11.9 Å². The number of carbonyl (C=O) groups is 1. The molecule has 1 amide bonds. The monoisotopic (exact) mass is 282 g/mol. The summed E-state index contributed by atoms with van der Waals surface area (Å²) in [6.07, 6.45) is 5.78. The molecule has 1 aromatic heterocycles. The van der Waals surface area contributed by atoms with Gasteiger partial charge >= 0.3 is 0 Å². The number of anilines is 1. The highest BCUT2D eigenvalue weighted by atomic mass is 32.1. The van der Waals surface area contributed by atoms with Crippen molar-refractivity contribution in [2.45, 2.75) is 52.0 Å². The largest absolute Gasteiger partial charge is 0.360 e. The molecule has 2 atom stereocenters. The maximum absolute atomic E-state index is 12.1. The van der Waals surface area contributed by atoms with Gasteiger partial charge in [0, 0.05) is 12.6 Å². The van der Waals surface area contributed by atoms with E-state index < -0.39 is 0 Å². The molecular weight excluding hydrogens is 260 g/mol. The molecule has 2 rings (SSSR count). The molecule has 0 aromatic carbocycles. The van der Waals surface area contributed by atoms with E-state index in [9.17, 15) is 4.79 Å². The minimum atomic E-state index is -0.0826. The summed E-state index contributed by atoms with van der Waals surface area (Å²) in [6, 6.07) is 0.289. The van der Waals surface area contributed by atoms with Gasteiger partial charge in [-0.1, -0.05) is 38.0 Å². The molecule has 0 aliphatic heterocycles. The lowest BCUT2D eigenvalue weighted by molar-refractivity contribution is 0.0909. The SMILES string of the molecule is CCCNc1nnc(C(=O)NC2CCCCC2C)s1. The van der Waals surface area contributed by atoms with Crippen LogP contribution < -0.4 is 10.6 Å². The highest BCUT2D eigenvalue weighted by Gasteiger charge is 2.24. The van der Waals surface area contributed by atoms with Crippen LogP contribution in [0.15, 0.2) is 0 Å². The van der Waals surface area contributed by atoms with Gasteiger partial charge in [-0.3, -0.25) is 4.79 Å². The van der Waals surface area contributed by atoms with Crippen LogP contribution in [0.25, 0.3) is 0 Å². The lowest BCUT2D eigenvalue weighted by atomic mass is 9.86. The molecule has 0 radical (unpaired) electrons. The Bertz CT molecular complexity index is 421. The van der Waals surface area contributed by atoms with Gasteiger partial charge in [-0.25, -0.2) is 0 Å². The van der Waals surface area contributed by atoms with E-state index >= 15 is 0 Å². The summed E-state index contributed by atoms with van der Waals surface area (Å²) in [6.45, 7) is 5.15. The minimum absolute atomic E-state index is 0.0826. The Hall–Kier alpha value is -1.17. The summed E-state index contributed by atoms with van der Waals surface area (Å²) >= 11 is 1.33. The van der Waals surface area contributed by atoms with Gasteiger partial charge in [0.1, 0.15) is 0 Å². The zero-order chi connectivity index (χ0) is 13.7. The molecule has 0 saturated heterocycles. The summed E-state index contributed by atoms with van der Waals surface area (Å²) < 4.78 is 0. The highest BCUT2D eigenvalue weighted by Crippen LogP contribution is 2.24. The molecular formula is C13H22N4OS. The van der Waals surface area contributed by atoms with Crippen LogP contribution in [0, 0.1) is 5.92 Å². The first kappa shape index (κ1) is 14.2. The van der Waals surface area contributed by atoms with Gasteiger partial charge in [-0.15, -0.1) is 10.2 Å². The molecule has 5 nitrogen and oxygen atoms in total. The standard InChI is InChI=1S/C13H22N4OS/c1-3-8-14-13-17-16-12(19-13)11(18)15-10-7-5-4-6-9(10)2/h9-10H,3-8H2,1-2H3,(H,14,17)(H,15,18). The third-order valence-corrected chi connectivity index (χ3v) is 4.45. The van der Waals surface area contributed by atoms with Gasteiger partial charge in [-0.2, -0.15) is 0 Å². The van der Waals surface area contributed by atoms with Crippen molar-refractivity contribution < 1.29 is 4.79 Å². The van der Waals surface area contributed by atoms with Crippen molar-refractivity contribution in [1.82, 2.24) is 15.5 Å².